The highest BCUT2D eigenvalue weighted by molar-refractivity contribution is 6.00. The summed E-state index contributed by atoms with van der Waals surface area (Å²) >= 11 is 0. The molecule has 1 aliphatic carbocycles. The van der Waals surface area contributed by atoms with Gasteiger partial charge >= 0.3 is 0 Å². The van der Waals surface area contributed by atoms with Crippen LogP contribution in [0.15, 0.2) is 48.6 Å². The van der Waals surface area contributed by atoms with Crippen molar-refractivity contribution in [1.29, 1.82) is 0 Å². The Morgan fingerprint density at radius 2 is 2.12 bits per heavy atom. The summed E-state index contributed by atoms with van der Waals surface area (Å²) < 4.78 is 2.37. The monoisotopic (exact) mass is 317 g/mol. The molecule has 0 unspecified atom stereocenters. The predicted molar refractivity (Wildman–Crippen MR) is 107 cm³/mol. The third-order valence-corrected chi connectivity index (χ3v) is 5.22. The van der Waals surface area contributed by atoms with E-state index >= 15 is 0 Å². The van der Waals surface area contributed by atoms with Gasteiger partial charge in [-0.25, -0.2) is 0 Å². The van der Waals surface area contributed by atoms with E-state index in [1.165, 1.54) is 44.4 Å². The maximum Gasteiger partial charge on any atom is 0.0524 e. The quantitative estimate of drug-likeness (QED) is 0.577. The molecule has 124 valence electrons. The second-order valence-corrected chi connectivity index (χ2v) is 6.49. The standard InChI is InChI=1S/C23H27N/c1-6-11-17(7-2)19(8-3)22-16(4)24(5)23-20-13-10-9-12-18(20)14-15-21(22)23/h6,8-9,11-12,14-15H,3,7,10,13H2,1-2,4-5H3/b11-6-,19-17+. The van der Waals surface area contributed by atoms with Gasteiger partial charge in [0.2, 0.25) is 0 Å². The summed E-state index contributed by atoms with van der Waals surface area (Å²) in [5, 5.41) is 1.36. The maximum atomic E-state index is 4.12. The van der Waals surface area contributed by atoms with Crippen molar-refractivity contribution in [2.24, 2.45) is 7.05 Å². The zero-order valence-electron chi connectivity index (χ0n) is 15.3. The summed E-state index contributed by atoms with van der Waals surface area (Å²) in [5.74, 6) is 0. The van der Waals surface area contributed by atoms with Gasteiger partial charge in [-0.1, -0.05) is 56.0 Å². The van der Waals surface area contributed by atoms with E-state index in [0.717, 1.165) is 19.3 Å². The molecule has 0 fully saturated rings. The fourth-order valence-electron chi connectivity index (χ4n) is 3.96. The van der Waals surface area contributed by atoms with Crippen LogP contribution in [-0.2, 0) is 13.5 Å². The van der Waals surface area contributed by atoms with E-state index in [1.807, 2.05) is 6.08 Å². The molecule has 0 bridgehead atoms. The normalized spacial score (nSPS) is 15.0. The smallest absolute Gasteiger partial charge is 0.0524 e. The molecule has 0 saturated heterocycles. The number of benzene rings is 1. The van der Waals surface area contributed by atoms with Crippen LogP contribution >= 0.6 is 0 Å². The summed E-state index contributed by atoms with van der Waals surface area (Å²) in [6.07, 6.45) is 14.2. The predicted octanol–water partition coefficient (Wildman–Crippen LogP) is 6.37. The zero-order chi connectivity index (χ0) is 17.3. The Hall–Kier alpha value is -2.28. The van der Waals surface area contributed by atoms with Gasteiger partial charge < -0.3 is 4.57 Å². The van der Waals surface area contributed by atoms with Gasteiger partial charge in [-0.2, -0.15) is 0 Å². The van der Waals surface area contributed by atoms with E-state index in [0.29, 0.717) is 0 Å². The molecule has 1 nitrogen and oxygen atoms in total. The van der Waals surface area contributed by atoms with Crippen molar-refractivity contribution in [3.8, 4) is 0 Å². The zero-order valence-corrected chi connectivity index (χ0v) is 15.3. The van der Waals surface area contributed by atoms with Gasteiger partial charge in [-0.15, -0.1) is 0 Å². The summed E-state index contributed by atoms with van der Waals surface area (Å²) in [6.45, 7) is 10.6. The van der Waals surface area contributed by atoms with Gasteiger partial charge in [0.15, 0.2) is 0 Å². The van der Waals surface area contributed by atoms with Crippen LogP contribution in [0.5, 0.6) is 0 Å². The highest BCUT2D eigenvalue weighted by Gasteiger charge is 2.20. The van der Waals surface area contributed by atoms with Crippen LogP contribution in [0.1, 0.15) is 49.1 Å². The lowest BCUT2D eigenvalue weighted by Gasteiger charge is -2.13. The van der Waals surface area contributed by atoms with Gasteiger partial charge in [0, 0.05) is 23.7 Å². The first-order valence-electron chi connectivity index (χ1n) is 8.90. The molecule has 1 aromatic carbocycles. The summed E-state index contributed by atoms with van der Waals surface area (Å²) in [4.78, 5) is 0. The van der Waals surface area contributed by atoms with Crippen LogP contribution in [0.2, 0.25) is 0 Å². The number of fused-ring (bicyclic) bond motifs is 3. The molecule has 3 rings (SSSR count). The lowest BCUT2D eigenvalue weighted by molar-refractivity contribution is 0.895. The fourth-order valence-corrected chi connectivity index (χ4v) is 3.96. The van der Waals surface area contributed by atoms with Crippen LogP contribution < -0.4 is 0 Å². The van der Waals surface area contributed by atoms with Gasteiger partial charge in [0.1, 0.15) is 0 Å². The Labute approximate surface area is 145 Å². The van der Waals surface area contributed by atoms with E-state index in [4.69, 9.17) is 0 Å². The molecule has 0 atom stereocenters. The number of nitrogens with zero attached hydrogens (tertiary/aromatic N) is 1. The minimum absolute atomic E-state index is 1.01. The fraction of sp³-hybridized carbons (Fsp3) is 0.304. The number of hydrogen-bond donors (Lipinski definition) is 0. The first-order valence-corrected chi connectivity index (χ1v) is 8.90. The Balaban J connectivity index is 2.40. The van der Waals surface area contributed by atoms with Crippen molar-refractivity contribution < 1.29 is 0 Å². The summed E-state index contributed by atoms with van der Waals surface area (Å²) in [6, 6.07) is 4.57. The topological polar surface area (TPSA) is 4.93 Å². The molecule has 0 saturated carbocycles. The van der Waals surface area contributed by atoms with Crippen LogP contribution in [0.25, 0.3) is 22.6 Å². The number of aryl methyl sites for hydroxylation is 2. The van der Waals surface area contributed by atoms with Crippen LogP contribution in [0.3, 0.4) is 0 Å². The molecule has 1 heterocycles. The second kappa shape index (κ2) is 6.68. The lowest BCUT2D eigenvalue weighted by atomic mass is 9.91. The van der Waals surface area contributed by atoms with Crippen LogP contribution in [0, 0.1) is 6.92 Å². The third kappa shape index (κ3) is 2.49. The molecule has 0 radical (unpaired) electrons. The van der Waals surface area contributed by atoms with E-state index < -0.39 is 0 Å². The Morgan fingerprint density at radius 3 is 2.79 bits per heavy atom. The lowest BCUT2D eigenvalue weighted by Crippen LogP contribution is -1.99. The average molecular weight is 317 g/mol. The van der Waals surface area contributed by atoms with Gasteiger partial charge in [-0.3, -0.25) is 0 Å². The van der Waals surface area contributed by atoms with E-state index in [1.54, 1.807) is 0 Å². The Morgan fingerprint density at radius 1 is 1.33 bits per heavy atom. The molecule has 0 N–H and O–H groups in total. The Kier molecular flexibility index (Phi) is 4.62. The van der Waals surface area contributed by atoms with Crippen molar-refractivity contribution in [3.05, 3.63) is 71.0 Å². The molecule has 0 aliphatic heterocycles. The Bertz CT molecular complexity index is 885. The largest absolute Gasteiger partial charge is 0.347 e. The minimum Gasteiger partial charge on any atom is -0.347 e. The summed E-state index contributed by atoms with van der Waals surface area (Å²) in [7, 11) is 2.20. The number of rotatable bonds is 4. The molecule has 1 aromatic heterocycles. The van der Waals surface area contributed by atoms with Crippen molar-refractivity contribution in [3.63, 3.8) is 0 Å². The SMILES string of the molecule is C=C/C(=C(\C=C/C)CC)c1c(C)n(C)c2c3c(ccc12)C=CCC3. The molecule has 0 amide bonds. The molecular weight excluding hydrogens is 290 g/mol. The molecule has 1 heteroatoms. The molecule has 24 heavy (non-hydrogen) atoms. The van der Waals surface area contributed by atoms with Gasteiger partial charge in [0.25, 0.3) is 0 Å². The van der Waals surface area contributed by atoms with Crippen LogP contribution in [-0.4, -0.2) is 4.57 Å². The first-order chi connectivity index (χ1) is 11.6. The average Bonchev–Trinajstić information content (AvgIpc) is 2.87. The van der Waals surface area contributed by atoms with Gasteiger partial charge in [0.05, 0.1) is 5.52 Å². The van der Waals surface area contributed by atoms with E-state index in [9.17, 15) is 0 Å². The van der Waals surface area contributed by atoms with Crippen LogP contribution in [0.4, 0.5) is 0 Å². The van der Waals surface area contributed by atoms with Crippen molar-refractivity contribution in [2.75, 3.05) is 0 Å². The van der Waals surface area contributed by atoms with Crippen molar-refractivity contribution >= 4 is 22.6 Å². The molecular formula is C23H27N. The highest BCUT2D eigenvalue weighted by atomic mass is 14.9. The number of allylic oxidation sites excluding steroid dienone is 6. The summed E-state index contributed by atoms with van der Waals surface area (Å²) in [5.41, 5.74) is 9.52. The second-order valence-electron chi connectivity index (χ2n) is 6.49. The molecule has 0 spiro atoms. The van der Waals surface area contributed by atoms with Crippen molar-refractivity contribution in [2.45, 2.75) is 40.0 Å². The minimum atomic E-state index is 1.01. The molecule has 1 aliphatic rings. The first kappa shape index (κ1) is 16.6. The van der Waals surface area contributed by atoms with E-state index in [2.05, 4.69) is 75.4 Å². The maximum absolute atomic E-state index is 4.12. The van der Waals surface area contributed by atoms with Crippen molar-refractivity contribution in [1.82, 2.24) is 4.57 Å². The van der Waals surface area contributed by atoms with E-state index in [-0.39, 0.29) is 0 Å². The highest BCUT2D eigenvalue weighted by Crippen LogP contribution is 2.38. The number of hydrogen-bond acceptors (Lipinski definition) is 0. The third-order valence-electron chi connectivity index (χ3n) is 5.22. The number of aromatic nitrogens is 1. The molecule has 2 aromatic rings. The van der Waals surface area contributed by atoms with Gasteiger partial charge in [-0.05, 0) is 55.4 Å².